The molecule has 5 nitrogen and oxygen atoms in total. The number of hydrogen-bond donors (Lipinski definition) is 1. The van der Waals surface area contributed by atoms with Gasteiger partial charge in [0.05, 0.1) is 34.1 Å². The Labute approximate surface area is 175 Å². The maximum atomic E-state index is 6.35. The van der Waals surface area contributed by atoms with Crippen molar-refractivity contribution < 1.29 is 4.74 Å². The van der Waals surface area contributed by atoms with Gasteiger partial charge >= 0.3 is 0 Å². The molecule has 0 unspecified atom stereocenters. The van der Waals surface area contributed by atoms with Crippen LogP contribution in [0.25, 0.3) is 10.9 Å². The second kappa shape index (κ2) is 9.03. The summed E-state index contributed by atoms with van der Waals surface area (Å²) in [6.07, 6.45) is 3.99. The first-order valence-electron chi connectivity index (χ1n) is 9.68. The first-order chi connectivity index (χ1) is 13.7. The number of aromatic amines is 1. The number of aromatic nitrogens is 2. The molecule has 0 atom stereocenters. The molecule has 3 aromatic rings. The quantitative estimate of drug-likeness (QED) is 0.556. The third kappa shape index (κ3) is 4.54. The van der Waals surface area contributed by atoms with Crippen LogP contribution in [0.15, 0.2) is 42.6 Å². The number of hydrogen-bond acceptors (Lipinski definition) is 4. The van der Waals surface area contributed by atoms with Crippen molar-refractivity contribution in [1.82, 2.24) is 15.1 Å². The largest absolute Gasteiger partial charge is 0.494 e. The molecule has 148 valence electrons. The fourth-order valence-corrected chi connectivity index (χ4v) is 4.00. The van der Waals surface area contributed by atoms with Crippen LogP contribution in [0.3, 0.4) is 0 Å². The Morgan fingerprint density at radius 1 is 1.04 bits per heavy atom. The lowest BCUT2D eigenvalue weighted by atomic mass is 10.2. The van der Waals surface area contributed by atoms with Crippen molar-refractivity contribution >= 4 is 39.8 Å². The van der Waals surface area contributed by atoms with Crippen LogP contribution in [-0.4, -0.2) is 54.4 Å². The minimum Gasteiger partial charge on any atom is -0.494 e. The second-order valence-electron chi connectivity index (χ2n) is 7.08. The number of benzene rings is 2. The minimum atomic E-state index is 0.619. The van der Waals surface area contributed by atoms with E-state index in [0.29, 0.717) is 10.0 Å². The molecular formula is C21H24Cl2N4O. The van der Waals surface area contributed by atoms with E-state index in [9.17, 15) is 0 Å². The van der Waals surface area contributed by atoms with Crippen LogP contribution in [0.4, 0.5) is 5.69 Å². The van der Waals surface area contributed by atoms with Gasteiger partial charge in [0.1, 0.15) is 5.75 Å². The van der Waals surface area contributed by atoms with E-state index in [-0.39, 0.29) is 0 Å². The van der Waals surface area contributed by atoms with Gasteiger partial charge in [0.15, 0.2) is 0 Å². The number of fused-ring (bicyclic) bond motifs is 1. The number of nitrogens with zero attached hydrogens (tertiary/aromatic N) is 3. The monoisotopic (exact) mass is 418 g/mol. The summed E-state index contributed by atoms with van der Waals surface area (Å²) in [7, 11) is 0. The van der Waals surface area contributed by atoms with Gasteiger partial charge in [-0.15, -0.1) is 0 Å². The zero-order chi connectivity index (χ0) is 19.3. The first kappa shape index (κ1) is 19.4. The average Bonchev–Trinajstić information content (AvgIpc) is 3.18. The number of anilines is 1. The summed E-state index contributed by atoms with van der Waals surface area (Å²) < 4.78 is 5.87. The summed E-state index contributed by atoms with van der Waals surface area (Å²) in [5, 5.41) is 9.38. The van der Waals surface area contributed by atoms with Crippen molar-refractivity contribution in [3.8, 4) is 5.75 Å². The summed E-state index contributed by atoms with van der Waals surface area (Å²) in [5.41, 5.74) is 2.05. The van der Waals surface area contributed by atoms with Crippen molar-refractivity contribution in [2.75, 3.05) is 44.2 Å². The van der Waals surface area contributed by atoms with Gasteiger partial charge in [-0.25, -0.2) is 0 Å². The summed E-state index contributed by atoms with van der Waals surface area (Å²) in [6, 6.07) is 11.9. The molecule has 2 aromatic carbocycles. The molecule has 1 N–H and O–H groups in total. The Hall–Kier alpha value is -1.95. The van der Waals surface area contributed by atoms with Crippen LogP contribution >= 0.6 is 23.2 Å². The van der Waals surface area contributed by atoms with Crippen molar-refractivity contribution in [1.29, 1.82) is 0 Å². The molecule has 0 saturated carbocycles. The maximum Gasteiger partial charge on any atom is 0.121 e. The Bertz CT molecular complexity index is 922. The van der Waals surface area contributed by atoms with Crippen LogP contribution < -0.4 is 9.64 Å². The first-order valence-corrected chi connectivity index (χ1v) is 10.4. The zero-order valence-electron chi connectivity index (χ0n) is 15.7. The summed E-state index contributed by atoms with van der Waals surface area (Å²) in [5.74, 6) is 0.892. The highest BCUT2D eigenvalue weighted by Crippen LogP contribution is 2.32. The smallest absolute Gasteiger partial charge is 0.121 e. The normalized spacial score (nSPS) is 15.3. The fourth-order valence-electron chi connectivity index (χ4n) is 3.58. The Morgan fingerprint density at radius 3 is 2.75 bits per heavy atom. The lowest BCUT2D eigenvalue weighted by Crippen LogP contribution is -2.46. The van der Waals surface area contributed by atoms with Crippen LogP contribution in [0, 0.1) is 0 Å². The van der Waals surface area contributed by atoms with E-state index >= 15 is 0 Å². The van der Waals surface area contributed by atoms with Gasteiger partial charge in [0, 0.05) is 37.6 Å². The molecule has 1 aliphatic heterocycles. The lowest BCUT2D eigenvalue weighted by molar-refractivity contribution is 0.238. The highest BCUT2D eigenvalue weighted by molar-refractivity contribution is 6.43. The molecule has 4 rings (SSSR count). The second-order valence-corrected chi connectivity index (χ2v) is 7.86. The molecule has 1 aliphatic rings. The third-order valence-corrected chi connectivity index (χ3v) is 6.00. The van der Waals surface area contributed by atoms with Gasteiger partial charge in [-0.1, -0.05) is 29.3 Å². The van der Waals surface area contributed by atoms with Gasteiger partial charge in [-0.05, 0) is 43.7 Å². The van der Waals surface area contributed by atoms with Crippen molar-refractivity contribution in [2.45, 2.75) is 12.8 Å². The molecule has 0 radical (unpaired) electrons. The molecule has 0 amide bonds. The Kier molecular flexibility index (Phi) is 6.25. The number of halogens is 2. The number of piperazine rings is 1. The number of rotatable bonds is 7. The number of H-pyrrole nitrogens is 1. The lowest BCUT2D eigenvalue weighted by Gasteiger charge is -2.36. The fraction of sp³-hybridized carbons (Fsp3) is 0.381. The molecular weight excluding hydrogens is 395 g/mol. The van der Waals surface area contributed by atoms with E-state index in [4.69, 9.17) is 27.9 Å². The molecule has 1 saturated heterocycles. The van der Waals surface area contributed by atoms with Crippen LogP contribution in [0.1, 0.15) is 12.8 Å². The molecule has 1 aromatic heterocycles. The van der Waals surface area contributed by atoms with Crippen molar-refractivity contribution in [3.05, 3.63) is 52.6 Å². The topological polar surface area (TPSA) is 44.4 Å². The van der Waals surface area contributed by atoms with Gasteiger partial charge < -0.3 is 9.64 Å². The summed E-state index contributed by atoms with van der Waals surface area (Å²) in [4.78, 5) is 4.82. The molecule has 1 fully saturated rings. The summed E-state index contributed by atoms with van der Waals surface area (Å²) >= 11 is 12.5. The average molecular weight is 419 g/mol. The number of ether oxygens (including phenoxy) is 1. The van der Waals surface area contributed by atoms with E-state index in [1.54, 1.807) is 0 Å². The number of nitrogens with one attached hydrogen (secondary N) is 1. The molecule has 2 heterocycles. The molecule has 28 heavy (non-hydrogen) atoms. The SMILES string of the molecule is Clc1cccc(N2CCN(CCCCOc3ccc4cn[nH]c4c3)CC2)c1Cl. The van der Waals surface area contributed by atoms with Gasteiger partial charge in [-0.2, -0.15) is 5.10 Å². The van der Waals surface area contributed by atoms with Crippen molar-refractivity contribution in [3.63, 3.8) is 0 Å². The van der Waals surface area contributed by atoms with Crippen LogP contribution in [0.2, 0.25) is 10.0 Å². The molecule has 0 aliphatic carbocycles. The van der Waals surface area contributed by atoms with E-state index < -0.39 is 0 Å². The minimum absolute atomic E-state index is 0.619. The predicted molar refractivity (Wildman–Crippen MR) is 116 cm³/mol. The number of unbranched alkanes of at least 4 members (excludes halogenated alkanes) is 1. The van der Waals surface area contributed by atoms with Crippen LogP contribution in [-0.2, 0) is 0 Å². The van der Waals surface area contributed by atoms with Gasteiger partial charge in [0.2, 0.25) is 0 Å². The van der Waals surface area contributed by atoms with Crippen LogP contribution in [0.5, 0.6) is 5.75 Å². The maximum absolute atomic E-state index is 6.35. The van der Waals surface area contributed by atoms with E-state index in [0.717, 1.165) is 74.5 Å². The predicted octanol–water partition coefficient (Wildman–Crippen LogP) is 4.85. The third-order valence-electron chi connectivity index (χ3n) is 5.19. The standard InChI is InChI=1S/C21H24Cl2N4O/c22-18-4-3-5-20(21(18)23)27-11-9-26(10-12-27)8-1-2-13-28-17-7-6-16-15-24-25-19(16)14-17/h3-7,14-15H,1-2,8-13H2,(H,24,25). The van der Waals surface area contributed by atoms with Gasteiger partial charge in [-0.3, -0.25) is 10.00 Å². The molecule has 0 spiro atoms. The van der Waals surface area contributed by atoms with Crippen molar-refractivity contribution in [2.24, 2.45) is 0 Å². The molecule has 7 heteroatoms. The van der Waals surface area contributed by atoms with E-state index in [1.165, 1.54) is 0 Å². The van der Waals surface area contributed by atoms with Gasteiger partial charge in [0.25, 0.3) is 0 Å². The molecule has 0 bridgehead atoms. The van der Waals surface area contributed by atoms with E-state index in [2.05, 4.69) is 20.0 Å². The Morgan fingerprint density at radius 2 is 1.89 bits per heavy atom. The Balaban J connectivity index is 1.16. The highest BCUT2D eigenvalue weighted by atomic mass is 35.5. The van der Waals surface area contributed by atoms with E-state index in [1.807, 2.05) is 42.6 Å². The summed E-state index contributed by atoms with van der Waals surface area (Å²) in [6.45, 7) is 5.86. The highest BCUT2D eigenvalue weighted by Gasteiger charge is 2.19. The zero-order valence-corrected chi connectivity index (χ0v) is 17.2.